The summed E-state index contributed by atoms with van der Waals surface area (Å²) in [4.78, 5) is 28.9. The summed E-state index contributed by atoms with van der Waals surface area (Å²) in [6.45, 7) is 7.46. The molecule has 5 nitrogen and oxygen atoms in total. The lowest BCUT2D eigenvalue weighted by molar-refractivity contribution is -0.137. The maximum atomic E-state index is 13.4. The molecular weight excluding hydrogens is 359 g/mol. The Labute approximate surface area is 166 Å². The van der Waals surface area contributed by atoms with Gasteiger partial charge in [0.05, 0.1) is 0 Å². The topological polar surface area (TPSA) is 49.9 Å². The number of nitrogens with zero attached hydrogens (tertiary/aromatic N) is 2. The molecular formula is C22H31FN2O3. The molecule has 0 aliphatic carbocycles. The number of amides is 2. The fourth-order valence-electron chi connectivity index (χ4n) is 4.13. The van der Waals surface area contributed by atoms with Crippen molar-refractivity contribution in [2.75, 3.05) is 19.6 Å². The molecule has 2 heterocycles. The molecule has 1 aromatic carbocycles. The normalized spacial score (nSPS) is 21.1. The minimum atomic E-state index is -0.567. The van der Waals surface area contributed by atoms with Crippen LogP contribution in [0.3, 0.4) is 0 Å². The minimum Gasteiger partial charge on any atom is -0.444 e. The number of piperidine rings is 1. The van der Waals surface area contributed by atoms with Crippen LogP contribution in [0.5, 0.6) is 0 Å². The number of carbonyl (C=O) groups excluding carboxylic acids is 2. The van der Waals surface area contributed by atoms with Gasteiger partial charge < -0.3 is 9.64 Å². The number of hydrogen-bond acceptors (Lipinski definition) is 3. The zero-order valence-corrected chi connectivity index (χ0v) is 17.1. The molecule has 2 aliphatic heterocycles. The molecule has 28 heavy (non-hydrogen) atoms. The van der Waals surface area contributed by atoms with Crippen molar-refractivity contribution in [1.29, 1.82) is 0 Å². The van der Waals surface area contributed by atoms with Gasteiger partial charge in [-0.25, -0.2) is 9.18 Å². The van der Waals surface area contributed by atoms with E-state index in [-0.39, 0.29) is 11.7 Å². The summed E-state index contributed by atoms with van der Waals surface area (Å²) < 4.78 is 18.8. The van der Waals surface area contributed by atoms with Crippen molar-refractivity contribution in [3.63, 3.8) is 0 Å². The second-order valence-electron chi connectivity index (χ2n) is 8.93. The molecule has 0 N–H and O–H groups in total. The third-order valence-electron chi connectivity index (χ3n) is 5.51. The predicted octanol–water partition coefficient (Wildman–Crippen LogP) is 4.01. The van der Waals surface area contributed by atoms with Crippen LogP contribution >= 0.6 is 0 Å². The third kappa shape index (κ3) is 5.24. The highest BCUT2D eigenvalue weighted by atomic mass is 19.1. The molecule has 2 fully saturated rings. The molecule has 0 bridgehead atoms. The molecule has 0 saturated carbocycles. The first-order valence-corrected chi connectivity index (χ1v) is 10.3. The zero-order valence-electron chi connectivity index (χ0n) is 17.1. The zero-order chi connectivity index (χ0) is 20.3. The van der Waals surface area contributed by atoms with Crippen molar-refractivity contribution < 1.29 is 18.7 Å². The van der Waals surface area contributed by atoms with E-state index in [0.717, 1.165) is 31.2 Å². The highest BCUT2D eigenvalue weighted by Crippen LogP contribution is 2.26. The van der Waals surface area contributed by atoms with Gasteiger partial charge >= 0.3 is 6.09 Å². The smallest absolute Gasteiger partial charge is 0.410 e. The highest BCUT2D eigenvalue weighted by Gasteiger charge is 2.39. The summed E-state index contributed by atoms with van der Waals surface area (Å²) >= 11 is 0. The van der Waals surface area contributed by atoms with Crippen LogP contribution in [-0.4, -0.2) is 53.1 Å². The van der Waals surface area contributed by atoms with E-state index in [0.29, 0.717) is 32.0 Å². The van der Waals surface area contributed by atoms with E-state index in [9.17, 15) is 14.0 Å². The van der Waals surface area contributed by atoms with Crippen LogP contribution in [0, 0.1) is 11.7 Å². The van der Waals surface area contributed by atoms with Gasteiger partial charge in [-0.3, -0.25) is 9.69 Å². The van der Waals surface area contributed by atoms with Gasteiger partial charge in [0.2, 0.25) is 5.91 Å². The Morgan fingerprint density at radius 2 is 1.86 bits per heavy atom. The Bertz CT molecular complexity index is 708. The molecule has 3 rings (SSSR count). The number of hydrogen-bond donors (Lipinski definition) is 0. The maximum absolute atomic E-state index is 13.4. The monoisotopic (exact) mass is 390 g/mol. The lowest BCUT2D eigenvalue weighted by Crippen LogP contribution is -2.51. The predicted molar refractivity (Wildman–Crippen MR) is 105 cm³/mol. The number of halogens is 1. The number of ether oxygens (including phenoxy) is 1. The van der Waals surface area contributed by atoms with Crippen molar-refractivity contribution in [3.8, 4) is 0 Å². The first-order valence-electron chi connectivity index (χ1n) is 10.3. The second-order valence-corrected chi connectivity index (χ2v) is 8.93. The maximum Gasteiger partial charge on any atom is 0.410 e. The Hall–Kier alpha value is -2.11. The number of benzene rings is 1. The second kappa shape index (κ2) is 8.50. The van der Waals surface area contributed by atoms with E-state index >= 15 is 0 Å². The lowest BCUT2D eigenvalue weighted by atomic mass is 9.90. The quantitative estimate of drug-likeness (QED) is 0.784. The van der Waals surface area contributed by atoms with Crippen LogP contribution in [-0.2, 0) is 16.0 Å². The van der Waals surface area contributed by atoms with Gasteiger partial charge in [-0.1, -0.05) is 12.1 Å². The first-order chi connectivity index (χ1) is 13.2. The molecule has 0 aromatic heterocycles. The van der Waals surface area contributed by atoms with E-state index in [4.69, 9.17) is 4.74 Å². The van der Waals surface area contributed by atoms with E-state index in [1.165, 1.54) is 6.07 Å². The average Bonchev–Trinajstić information content (AvgIpc) is 3.10. The number of likely N-dealkylation sites (tertiary alicyclic amines) is 2. The van der Waals surface area contributed by atoms with Crippen molar-refractivity contribution >= 4 is 12.0 Å². The molecule has 2 amide bonds. The molecule has 2 saturated heterocycles. The highest BCUT2D eigenvalue weighted by molar-refractivity contribution is 5.86. The Morgan fingerprint density at radius 1 is 1.14 bits per heavy atom. The van der Waals surface area contributed by atoms with E-state index in [2.05, 4.69) is 0 Å². The largest absolute Gasteiger partial charge is 0.444 e. The summed E-state index contributed by atoms with van der Waals surface area (Å²) in [6, 6.07) is 6.35. The minimum absolute atomic E-state index is 0.0348. The Balaban J connectivity index is 1.53. The van der Waals surface area contributed by atoms with Crippen molar-refractivity contribution in [2.45, 2.75) is 64.5 Å². The van der Waals surface area contributed by atoms with Crippen LogP contribution in [0.2, 0.25) is 0 Å². The molecule has 1 atom stereocenters. The van der Waals surface area contributed by atoms with E-state index < -0.39 is 17.7 Å². The molecule has 154 valence electrons. The fourth-order valence-corrected chi connectivity index (χ4v) is 4.13. The number of rotatable bonds is 3. The van der Waals surface area contributed by atoms with Crippen LogP contribution < -0.4 is 0 Å². The van der Waals surface area contributed by atoms with Crippen LogP contribution in [0.25, 0.3) is 0 Å². The van der Waals surface area contributed by atoms with Gasteiger partial charge in [0.15, 0.2) is 0 Å². The van der Waals surface area contributed by atoms with Gasteiger partial charge in [-0.2, -0.15) is 0 Å². The van der Waals surface area contributed by atoms with Gasteiger partial charge in [0.25, 0.3) is 0 Å². The van der Waals surface area contributed by atoms with Crippen molar-refractivity contribution in [2.24, 2.45) is 5.92 Å². The van der Waals surface area contributed by atoms with Crippen LogP contribution in [0.4, 0.5) is 9.18 Å². The summed E-state index contributed by atoms with van der Waals surface area (Å²) in [6.07, 6.45) is 3.77. The third-order valence-corrected chi connectivity index (χ3v) is 5.51. The summed E-state index contributed by atoms with van der Waals surface area (Å²) in [5, 5.41) is 0. The fraction of sp³-hybridized carbons (Fsp3) is 0.636. The SMILES string of the molecule is CC(C)(C)OC(=O)N1CCCC1C(=O)N1CCC(Cc2cccc(F)c2)CC1. The molecule has 1 aromatic rings. The van der Waals surface area contributed by atoms with Gasteiger partial charge in [-0.15, -0.1) is 0 Å². The van der Waals surface area contributed by atoms with E-state index in [1.54, 1.807) is 17.0 Å². The first kappa shape index (κ1) is 20.6. The molecule has 1 unspecified atom stereocenters. The van der Waals surface area contributed by atoms with Crippen molar-refractivity contribution in [3.05, 3.63) is 35.6 Å². The summed E-state index contributed by atoms with van der Waals surface area (Å²) in [7, 11) is 0. The molecule has 0 radical (unpaired) electrons. The van der Waals surface area contributed by atoms with Gasteiger partial charge in [0, 0.05) is 19.6 Å². The molecule has 2 aliphatic rings. The van der Waals surface area contributed by atoms with Crippen LogP contribution in [0.15, 0.2) is 24.3 Å². The standard InChI is InChI=1S/C22H31FN2O3/c1-22(2,3)28-21(27)25-11-5-8-19(25)20(26)24-12-9-16(10-13-24)14-17-6-4-7-18(23)15-17/h4,6-7,15-16,19H,5,8-14H2,1-3H3. The molecule has 6 heteroatoms. The molecule has 0 spiro atoms. The number of carbonyl (C=O) groups is 2. The lowest BCUT2D eigenvalue weighted by Gasteiger charge is -2.36. The van der Waals surface area contributed by atoms with E-state index in [1.807, 2.05) is 31.7 Å². The Morgan fingerprint density at radius 3 is 2.50 bits per heavy atom. The Kier molecular flexibility index (Phi) is 6.26. The van der Waals surface area contributed by atoms with Crippen molar-refractivity contribution in [1.82, 2.24) is 9.80 Å². The average molecular weight is 390 g/mol. The van der Waals surface area contributed by atoms with Gasteiger partial charge in [0.1, 0.15) is 17.5 Å². The summed E-state index contributed by atoms with van der Waals surface area (Å²) in [5.74, 6) is 0.289. The summed E-state index contributed by atoms with van der Waals surface area (Å²) in [5.41, 5.74) is 0.444. The van der Waals surface area contributed by atoms with Crippen LogP contribution in [0.1, 0.15) is 52.0 Å². The van der Waals surface area contributed by atoms with Gasteiger partial charge in [-0.05, 0) is 76.5 Å².